The van der Waals surface area contributed by atoms with Gasteiger partial charge in [-0.3, -0.25) is 4.90 Å². The number of anilines is 1. The van der Waals surface area contributed by atoms with E-state index in [0.717, 1.165) is 9.78 Å². The van der Waals surface area contributed by atoms with Gasteiger partial charge in [-0.1, -0.05) is 24.3 Å². The third-order valence-corrected chi connectivity index (χ3v) is 4.41. The summed E-state index contributed by atoms with van der Waals surface area (Å²) in [5, 5.41) is 12.3. The third kappa shape index (κ3) is 2.80. The number of hydrogen-bond donors (Lipinski definition) is 1. The molecular weight excluding hydrogens is 316 g/mol. The Morgan fingerprint density at radius 3 is 2.78 bits per heavy atom. The van der Waals surface area contributed by atoms with Crippen molar-refractivity contribution in [1.29, 1.82) is 0 Å². The van der Waals surface area contributed by atoms with Gasteiger partial charge in [-0.05, 0) is 24.4 Å². The van der Waals surface area contributed by atoms with Crippen LogP contribution in [0.3, 0.4) is 0 Å². The Morgan fingerprint density at radius 1 is 1.30 bits per heavy atom. The first-order chi connectivity index (χ1) is 11.1. The van der Waals surface area contributed by atoms with Crippen molar-refractivity contribution >= 4 is 29.1 Å². The number of carbonyl (C=O) groups excluding carboxylic acids is 2. The average Bonchev–Trinajstić information content (AvgIpc) is 3.05. The van der Waals surface area contributed by atoms with E-state index in [1.807, 2.05) is 17.5 Å². The molecule has 6 nitrogen and oxygen atoms in total. The number of thiophene rings is 1. The normalized spacial score (nSPS) is 17.1. The number of para-hydroxylation sites is 1. The van der Waals surface area contributed by atoms with E-state index < -0.39 is 18.4 Å². The Kier molecular flexibility index (Phi) is 4.31. The number of amides is 3. The molecule has 0 saturated heterocycles. The van der Waals surface area contributed by atoms with Gasteiger partial charge in [0, 0.05) is 10.4 Å². The van der Waals surface area contributed by atoms with Gasteiger partial charge in [-0.25, -0.2) is 9.59 Å². The first-order valence-electron chi connectivity index (χ1n) is 7.20. The summed E-state index contributed by atoms with van der Waals surface area (Å²) in [4.78, 5) is 28.0. The quantitative estimate of drug-likeness (QED) is 0.936. The fourth-order valence-electron chi connectivity index (χ4n) is 2.51. The smallest absolute Gasteiger partial charge is 0.420 e. The topological polar surface area (TPSA) is 70.1 Å². The molecule has 120 valence electrons. The maximum Gasteiger partial charge on any atom is 0.420 e. The van der Waals surface area contributed by atoms with Crippen LogP contribution in [0.2, 0.25) is 0 Å². The Hall–Kier alpha value is -2.38. The lowest BCUT2D eigenvalue weighted by atomic mass is 10.1. The van der Waals surface area contributed by atoms with Crippen molar-refractivity contribution < 1.29 is 19.4 Å². The summed E-state index contributed by atoms with van der Waals surface area (Å²) in [6.07, 6.45) is -2.20. The lowest BCUT2D eigenvalue weighted by Crippen LogP contribution is -2.51. The number of benzene rings is 1. The molecule has 1 N–H and O–H groups in total. The number of hydrogen-bond acceptors (Lipinski definition) is 5. The van der Waals surface area contributed by atoms with E-state index in [1.165, 1.54) is 16.2 Å². The molecular formula is C16H16N2O4S. The minimum absolute atomic E-state index is 0.127. The number of carbonyl (C=O) groups is 2. The number of rotatable bonds is 3. The van der Waals surface area contributed by atoms with Gasteiger partial charge in [-0.2, -0.15) is 4.90 Å². The molecule has 1 aliphatic rings. The van der Waals surface area contributed by atoms with Crippen molar-refractivity contribution in [2.45, 2.75) is 19.7 Å². The van der Waals surface area contributed by atoms with Crippen LogP contribution in [0.5, 0.6) is 0 Å². The second-order valence-electron chi connectivity index (χ2n) is 4.95. The van der Waals surface area contributed by atoms with Gasteiger partial charge in [0.15, 0.2) is 6.23 Å². The maximum absolute atomic E-state index is 12.7. The highest BCUT2D eigenvalue weighted by molar-refractivity contribution is 7.09. The zero-order valence-electron chi connectivity index (χ0n) is 12.5. The number of imide groups is 1. The predicted molar refractivity (Wildman–Crippen MR) is 86.2 cm³/mol. The highest BCUT2D eigenvalue weighted by Crippen LogP contribution is 2.36. The highest BCUT2D eigenvalue weighted by atomic mass is 32.1. The van der Waals surface area contributed by atoms with E-state index in [2.05, 4.69) is 0 Å². The molecule has 0 aliphatic carbocycles. The first-order valence-corrected chi connectivity index (χ1v) is 8.08. The SMILES string of the molecule is CCOC(=O)N1C(=O)N(Cc2cccs2)c2ccccc2C1O. The van der Waals surface area contributed by atoms with Crippen LogP contribution in [0.4, 0.5) is 15.3 Å². The van der Waals surface area contributed by atoms with Gasteiger partial charge in [0.2, 0.25) is 0 Å². The maximum atomic E-state index is 12.7. The third-order valence-electron chi connectivity index (χ3n) is 3.55. The number of fused-ring (bicyclic) bond motifs is 1. The summed E-state index contributed by atoms with van der Waals surface area (Å²) in [7, 11) is 0. The molecule has 2 heterocycles. The molecule has 1 atom stereocenters. The van der Waals surface area contributed by atoms with Gasteiger partial charge in [-0.15, -0.1) is 11.3 Å². The minimum atomic E-state index is -1.35. The Balaban J connectivity index is 2.01. The van der Waals surface area contributed by atoms with E-state index >= 15 is 0 Å². The van der Waals surface area contributed by atoms with E-state index in [9.17, 15) is 14.7 Å². The first kappa shape index (κ1) is 15.5. The van der Waals surface area contributed by atoms with Crippen LogP contribution in [0.1, 0.15) is 23.6 Å². The summed E-state index contributed by atoms with van der Waals surface area (Å²) in [5.74, 6) is 0. The summed E-state index contributed by atoms with van der Waals surface area (Å²) in [6, 6.07) is 10.2. The zero-order chi connectivity index (χ0) is 16.4. The van der Waals surface area contributed by atoms with Crippen molar-refractivity contribution in [3.05, 3.63) is 52.2 Å². The molecule has 7 heteroatoms. The molecule has 0 fully saturated rings. The second-order valence-corrected chi connectivity index (χ2v) is 5.98. The molecule has 0 spiro atoms. The summed E-state index contributed by atoms with van der Waals surface area (Å²) >= 11 is 1.52. The van der Waals surface area contributed by atoms with E-state index in [-0.39, 0.29) is 6.61 Å². The Labute approximate surface area is 137 Å². The van der Waals surface area contributed by atoms with Crippen LogP contribution in [-0.4, -0.2) is 28.7 Å². The van der Waals surface area contributed by atoms with Crippen molar-refractivity contribution in [2.75, 3.05) is 11.5 Å². The van der Waals surface area contributed by atoms with Gasteiger partial charge < -0.3 is 9.84 Å². The molecule has 3 amide bonds. The fourth-order valence-corrected chi connectivity index (χ4v) is 3.20. The highest BCUT2D eigenvalue weighted by Gasteiger charge is 2.41. The molecule has 0 radical (unpaired) electrons. The summed E-state index contributed by atoms with van der Waals surface area (Å²) in [5.41, 5.74) is 1.09. The number of ether oxygens (including phenoxy) is 1. The molecule has 0 bridgehead atoms. The van der Waals surface area contributed by atoms with Crippen LogP contribution in [0.25, 0.3) is 0 Å². The van der Waals surface area contributed by atoms with Gasteiger partial charge >= 0.3 is 12.1 Å². The molecule has 1 unspecified atom stereocenters. The molecule has 1 aromatic heterocycles. The van der Waals surface area contributed by atoms with Crippen molar-refractivity contribution in [3.63, 3.8) is 0 Å². The predicted octanol–water partition coefficient (Wildman–Crippen LogP) is 3.34. The van der Waals surface area contributed by atoms with Gasteiger partial charge in [0.05, 0.1) is 18.8 Å². The van der Waals surface area contributed by atoms with E-state index in [4.69, 9.17) is 4.74 Å². The fraction of sp³-hybridized carbons (Fsp3) is 0.250. The van der Waals surface area contributed by atoms with Crippen LogP contribution >= 0.6 is 11.3 Å². The van der Waals surface area contributed by atoms with E-state index in [1.54, 1.807) is 31.2 Å². The van der Waals surface area contributed by atoms with E-state index in [0.29, 0.717) is 17.8 Å². The van der Waals surface area contributed by atoms with Crippen LogP contribution < -0.4 is 4.90 Å². The zero-order valence-corrected chi connectivity index (χ0v) is 13.3. The molecule has 0 saturated carbocycles. The lowest BCUT2D eigenvalue weighted by molar-refractivity contribution is 0.0197. The lowest BCUT2D eigenvalue weighted by Gasteiger charge is -2.38. The van der Waals surface area contributed by atoms with Crippen LogP contribution in [-0.2, 0) is 11.3 Å². The molecule has 23 heavy (non-hydrogen) atoms. The monoisotopic (exact) mass is 332 g/mol. The number of aliphatic hydroxyl groups excluding tert-OH is 1. The Morgan fingerprint density at radius 2 is 2.09 bits per heavy atom. The standard InChI is InChI=1S/C16H16N2O4S/c1-2-22-16(21)18-14(19)12-7-3-4-8-13(12)17(15(18)20)10-11-6-5-9-23-11/h3-9,14,19H,2,10H2,1H3. The largest absolute Gasteiger partial charge is 0.449 e. The number of urea groups is 1. The van der Waals surface area contributed by atoms with Crippen molar-refractivity contribution in [1.82, 2.24) is 4.90 Å². The molecule has 1 aliphatic heterocycles. The summed E-state index contributed by atoms with van der Waals surface area (Å²) in [6.45, 7) is 2.11. The number of nitrogens with zero attached hydrogens (tertiary/aromatic N) is 2. The summed E-state index contributed by atoms with van der Waals surface area (Å²) < 4.78 is 4.90. The van der Waals surface area contributed by atoms with Crippen molar-refractivity contribution in [2.24, 2.45) is 0 Å². The molecule has 1 aromatic carbocycles. The Bertz CT molecular complexity index is 717. The second kappa shape index (κ2) is 6.39. The molecule has 2 aromatic rings. The van der Waals surface area contributed by atoms with Crippen LogP contribution in [0, 0.1) is 0 Å². The van der Waals surface area contributed by atoms with Crippen LogP contribution in [0.15, 0.2) is 41.8 Å². The minimum Gasteiger partial charge on any atom is -0.449 e. The number of aliphatic hydroxyl groups is 1. The van der Waals surface area contributed by atoms with Crippen molar-refractivity contribution in [3.8, 4) is 0 Å². The van der Waals surface area contributed by atoms with Gasteiger partial charge in [0.25, 0.3) is 0 Å². The molecule has 3 rings (SSSR count). The van der Waals surface area contributed by atoms with Gasteiger partial charge in [0.1, 0.15) is 0 Å². The average molecular weight is 332 g/mol.